The molecule has 2 amide bonds. The van der Waals surface area contributed by atoms with E-state index in [1.165, 1.54) is 0 Å². The highest BCUT2D eigenvalue weighted by Gasteiger charge is 2.30. The second-order valence-electron chi connectivity index (χ2n) is 6.18. The van der Waals surface area contributed by atoms with Crippen molar-refractivity contribution in [1.29, 1.82) is 0 Å². The van der Waals surface area contributed by atoms with Gasteiger partial charge in [-0.3, -0.25) is 14.4 Å². The predicted octanol–water partition coefficient (Wildman–Crippen LogP) is 1.35. The number of amides is 2. The second kappa shape index (κ2) is 7.00. The van der Waals surface area contributed by atoms with Gasteiger partial charge >= 0.3 is 5.97 Å². The SMILES string of the molecule is O=C(O)CC1CN(C(=O)c2ccc(NC(=O)C3CC3)cc2)CCO1. The van der Waals surface area contributed by atoms with E-state index in [1.807, 2.05) is 0 Å². The van der Waals surface area contributed by atoms with Crippen LogP contribution in [0, 0.1) is 5.92 Å². The number of nitrogens with one attached hydrogen (secondary N) is 1. The molecule has 1 atom stereocenters. The molecule has 2 N–H and O–H groups in total. The lowest BCUT2D eigenvalue weighted by Gasteiger charge is -2.32. The first kappa shape index (κ1) is 16.4. The zero-order chi connectivity index (χ0) is 17.1. The third-order valence-electron chi connectivity index (χ3n) is 4.18. The van der Waals surface area contributed by atoms with Gasteiger partial charge in [-0.05, 0) is 37.1 Å². The molecular weight excluding hydrogens is 312 g/mol. The number of aliphatic carboxylic acids is 1. The molecule has 1 aromatic carbocycles. The maximum absolute atomic E-state index is 12.5. The number of benzene rings is 1. The van der Waals surface area contributed by atoms with Gasteiger partial charge in [0.15, 0.2) is 0 Å². The summed E-state index contributed by atoms with van der Waals surface area (Å²) in [4.78, 5) is 36.6. The fraction of sp³-hybridized carbons (Fsp3) is 0.471. The summed E-state index contributed by atoms with van der Waals surface area (Å²) in [7, 11) is 0. The Kier molecular flexibility index (Phi) is 4.80. The minimum Gasteiger partial charge on any atom is -0.481 e. The molecule has 3 rings (SSSR count). The Balaban J connectivity index is 1.59. The van der Waals surface area contributed by atoms with Crippen molar-refractivity contribution >= 4 is 23.5 Å². The highest BCUT2D eigenvalue weighted by atomic mass is 16.5. The van der Waals surface area contributed by atoms with Crippen LogP contribution in [0.25, 0.3) is 0 Å². The number of hydrogen-bond acceptors (Lipinski definition) is 4. The van der Waals surface area contributed by atoms with Crippen molar-refractivity contribution in [3.63, 3.8) is 0 Å². The molecule has 1 aliphatic carbocycles. The van der Waals surface area contributed by atoms with Crippen molar-refractivity contribution in [2.75, 3.05) is 25.0 Å². The fourth-order valence-electron chi connectivity index (χ4n) is 2.69. The number of nitrogens with zero attached hydrogens (tertiary/aromatic N) is 1. The normalized spacial score (nSPS) is 20.5. The van der Waals surface area contributed by atoms with Crippen LogP contribution in [0.2, 0.25) is 0 Å². The number of hydrogen-bond donors (Lipinski definition) is 2. The van der Waals surface area contributed by atoms with E-state index in [4.69, 9.17) is 9.84 Å². The molecule has 128 valence electrons. The number of ether oxygens (including phenoxy) is 1. The van der Waals surface area contributed by atoms with Crippen molar-refractivity contribution in [1.82, 2.24) is 4.90 Å². The van der Waals surface area contributed by atoms with Gasteiger partial charge in [0.1, 0.15) is 0 Å². The van der Waals surface area contributed by atoms with Crippen molar-refractivity contribution in [3.8, 4) is 0 Å². The maximum Gasteiger partial charge on any atom is 0.306 e. The summed E-state index contributed by atoms with van der Waals surface area (Å²) >= 11 is 0. The van der Waals surface area contributed by atoms with E-state index in [0.717, 1.165) is 12.8 Å². The Hall–Kier alpha value is -2.41. The minimum atomic E-state index is -0.940. The van der Waals surface area contributed by atoms with Crippen LogP contribution >= 0.6 is 0 Å². The molecule has 1 saturated carbocycles. The molecule has 2 aliphatic rings. The molecule has 1 heterocycles. The van der Waals surface area contributed by atoms with E-state index >= 15 is 0 Å². The molecule has 0 spiro atoms. The summed E-state index contributed by atoms with van der Waals surface area (Å²) in [5.41, 5.74) is 1.18. The van der Waals surface area contributed by atoms with Gasteiger partial charge in [-0.25, -0.2) is 0 Å². The Labute approximate surface area is 139 Å². The van der Waals surface area contributed by atoms with Crippen molar-refractivity contribution in [2.45, 2.75) is 25.4 Å². The molecular formula is C17H20N2O5. The van der Waals surface area contributed by atoms with E-state index in [0.29, 0.717) is 24.4 Å². The van der Waals surface area contributed by atoms with E-state index in [-0.39, 0.29) is 30.7 Å². The highest BCUT2D eigenvalue weighted by molar-refractivity contribution is 5.96. The molecule has 0 bridgehead atoms. The molecule has 1 unspecified atom stereocenters. The highest BCUT2D eigenvalue weighted by Crippen LogP contribution is 2.30. The average molecular weight is 332 g/mol. The van der Waals surface area contributed by atoms with Crippen LogP contribution in [0.1, 0.15) is 29.6 Å². The minimum absolute atomic E-state index is 0.0266. The van der Waals surface area contributed by atoms with Gasteiger partial charge in [0.25, 0.3) is 5.91 Å². The summed E-state index contributed by atoms with van der Waals surface area (Å²) in [6.45, 7) is 1.04. The molecule has 0 radical (unpaired) electrons. The summed E-state index contributed by atoms with van der Waals surface area (Å²) < 4.78 is 5.37. The van der Waals surface area contributed by atoms with Crippen molar-refractivity contribution < 1.29 is 24.2 Å². The average Bonchev–Trinajstić information content (AvgIpc) is 3.39. The van der Waals surface area contributed by atoms with Gasteiger partial charge in [-0.2, -0.15) is 0 Å². The largest absolute Gasteiger partial charge is 0.481 e. The Morgan fingerprint density at radius 2 is 1.92 bits per heavy atom. The van der Waals surface area contributed by atoms with E-state index in [1.54, 1.807) is 29.2 Å². The number of carboxylic acids is 1. The van der Waals surface area contributed by atoms with Crippen LogP contribution in [-0.2, 0) is 14.3 Å². The molecule has 1 aromatic rings. The summed E-state index contributed by atoms with van der Waals surface area (Å²) in [6, 6.07) is 6.77. The molecule has 1 saturated heterocycles. The van der Waals surface area contributed by atoms with Crippen LogP contribution in [0.3, 0.4) is 0 Å². The van der Waals surface area contributed by atoms with Crippen LogP contribution in [-0.4, -0.2) is 53.6 Å². The second-order valence-corrected chi connectivity index (χ2v) is 6.18. The first-order chi connectivity index (χ1) is 11.5. The monoisotopic (exact) mass is 332 g/mol. The number of carbonyl (C=O) groups is 3. The zero-order valence-electron chi connectivity index (χ0n) is 13.2. The van der Waals surface area contributed by atoms with Gasteiger partial charge in [0.05, 0.1) is 19.1 Å². The van der Waals surface area contributed by atoms with Crippen LogP contribution in [0.15, 0.2) is 24.3 Å². The Morgan fingerprint density at radius 1 is 1.21 bits per heavy atom. The Bertz CT molecular complexity index is 639. The molecule has 0 aromatic heterocycles. The third kappa shape index (κ3) is 4.11. The van der Waals surface area contributed by atoms with E-state index in [2.05, 4.69) is 5.32 Å². The first-order valence-corrected chi connectivity index (χ1v) is 8.06. The lowest BCUT2D eigenvalue weighted by Crippen LogP contribution is -2.46. The van der Waals surface area contributed by atoms with Crippen LogP contribution < -0.4 is 5.32 Å². The van der Waals surface area contributed by atoms with Gasteiger partial charge in [0.2, 0.25) is 5.91 Å². The van der Waals surface area contributed by atoms with Gasteiger partial charge in [-0.1, -0.05) is 0 Å². The van der Waals surface area contributed by atoms with Gasteiger partial charge < -0.3 is 20.1 Å². The number of carbonyl (C=O) groups excluding carboxylic acids is 2. The van der Waals surface area contributed by atoms with Crippen LogP contribution in [0.4, 0.5) is 5.69 Å². The predicted molar refractivity (Wildman–Crippen MR) is 85.7 cm³/mol. The van der Waals surface area contributed by atoms with Gasteiger partial charge in [-0.15, -0.1) is 0 Å². The number of anilines is 1. The number of morpholine rings is 1. The molecule has 24 heavy (non-hydrogen) atoms. The zero-order valence-corrected chi connectivity index (χ0v) is 13.2. The molecule has 7 nitrogen and oxygen atoms in total. The first-order valence-electron chi connectivity index (χ1n) is 8.06. The molecule has 1 aliphatic heterocycles. The fourth-order valence-corrected chi connectivity index (χ4v) is 2.69. The topological polar surface area (TPSA) is 95.9 Å². The standard InChI is InChI=1S/C17H20N2O5/c20-15(21)9-14-10-19(7-8-24-14)17(23)12-3-5-13(6-4-12)18-16(22)11-1-2-11/h3-6,11,14H,1-2,7-10H2,(H,18,22)(H,20,21). The Morgan fingerprint density at radius 3 is 2.54 bits per heavy atom. The summed E-state index contributed by atoms with van der Waals surface area (Å²) in [5.74, 6) is -0.941. The van der Waals surface area contributed by atoms with E-state index in [9.17, 15) is 14.4 Å². The smallest absolute Gasteiger partial charge is 0.306 e. The quantitative estimate of drug-likeness (QED) is 0.848. The lowest BCUT2D eigenvalue weighted by atomic mass is 10.1. The third-order valence-corrected chi connectivity index (χ3v) is 4.18. The van der Waals surface area contributed by atoms with Crippen molar-refractivity contribution in [2.24, 2.45) is 5.92 Å². The van der Waals surface area contributed by atoms with E-state index < -0.39 is 12.1 Å². The number of carboxylic acid groups (broad SMARTS) is 1. The summed E-state index contributed by atoms with van der Waals surface area (Å²) in [5, 5.41) is 11.7. The van der Waals surface area contributed by atoms with Crippen molar-refractivity contribution in [3.05, 3.63) is 29.8 Å². The van der Waals surface area contributed by atoms with Gasteiger partial charge in [0, 0.05) is 30.3 Å². The lowest BCUT2D eigenvalue weighted by molar-refractivity contribution is -0.141. The maximum atomic E-state index is 12.5. The molecule has 7 heteroatoms. The summed E-state index contributed by atoms with van der Waals surface area (Å²) in [6.07, 6.45) is 1.29. The van der Waals surface area contributed by atoms with Crippen LogP contribution in [0.5, 0.6) is 0 Å². The number of rotatable bonds is 5. The molecule has 2 fully saturated rings.